The van der Waals surface area contributed by atoms with Gasteiger partial charge in [0.05, 0.1) is 0 Å². The molecule has 0 spiro atoms. The summed E-state index contributed by atoms with van der Waals surface area (Å²) >= 11 is 1.50. The number of benzene rings is 2. The fourth-order valence-corrected chi connectivity index (χ4v) is 5.16. The summed E-state index contributed by atoms with van der Waals surface area (Å²) in [4.78, 5) is 26.9. The second-order valence-electron chi connectivity index (χ2n) is 7.52. The number of nitrogens with zero attached hydrogens (tertiary/aromatic N) is 1. The molecular weight excluding hydrogens is 398 g/mol. The van der Waals surface area contributed by atoms with Crippen molar-refractivity contribution in [2.75, 3.05) is 5.75 Å². The molecule has 1 saturated heterocycles. The molecule has 1 aliphatic rings. The van der Waals surface area contributed by atoms with Crippen LogP contribution >= 0.6 is 11.8 Å². The molecule has 0 aromatic heterocycles. The Hall–Kier alpha value is -2.47. The van der Waals surface area contributed by atoms with Gasteiger partial charge in [0, 0.05) is 11.7 Å². The number of carbonyl (C=O) groups is 2. The molecule has 1 amide bonds. The van der Waals surface area contributed by atoms with E-state index in [1.165, 1.54) is 11.8 Å². The molecule has 30 heavy (non-hydrogen) atoms. The lowest BCUT2D eigenvalue weighted by Crippen LogP contribution is -2.45. The van der Waals surface area contributed by atoms with Crippen molar-refractivity contribution in [1.29, 1.82) is 0 Å². The lowest BCUT2D eigenvalue weighted by Gasteiger charge is -2.31. The zero-order valence-corrected chi connectivity index (χ0v) is 18.3. The van der Waals surface area contributed by atoms with E-state index in [-0.39, 0.29) is 17.2 Å². The van der Waals surface area contributed by atoms with Crippen LogP contribution in [0.5, 0.6) is 11.5 Å². The smallest absolute Gasteiger partial charge is 0.327 e. The fraction of sp³-hybridized carbons (Fsp3) is 0.417. The Kier molecular flexibility index (Phi) is 7.80. The molecule has 3 unspecified atom stereocenters. The normalized spacial score (nSPS) is 19.5. The highest BCUT2D eigenvalue weighted by Gasteiger charge is 2.43. The van der Waals surface area contributed by atoms with E-state index >= 15 is 0 Å². The van der Waals surface area contributed by atoms with Crippen molar-refractivity contribution in [2.45, 2.75) is 50.9 Å². The average Bonchev–Trinajstić information content (AvgIpc) is 3.20. The van der Waals surface area contributed by atoms with Gasteiger partial charge in [0.15, 0.2) is 0 Å². The molecule has 0 bridgehead atoms. The number of rotatable bonds is 9. The Balaban J connectivity index is 1.86. The number of carboxylic acids is 1. The van der Waals surface area contributed by atoms with Crippen LogP contribution in [0, 0.1) is 5.92 Å². The second-order valence-corrected chi connectivity index (χ2v) is 8.63. The Bertz CT molecular complexity index is 857. The van der Waals surface area contributed by atoms with E-state index in [2.05, 4.69) is 6.92 Å². The maximum Gasteiger partial charge on any atom is 0.327 e. The maximum atomic E-state index is 13.4. The molecule has 2 aromatic rings. The lowest BCUT2D eigenvalue weighted by atomic mass is 9.96. The van der Waals surface area contributed by atoms with E-state index < -0.39 is 12.0 Å². The van der Waals surface area contributed by atoms with Crippen molar-refractivity contribution in [3.05, 3.63) is 60.2 Å². The number of carboxylic acid groups (broad SMARTS) is 1. The molecule has 3 rings (SSSR count). The Labute approximate surface area is 182 Å². The van der Waals surface area contributed by atoms with Gasteiger partial charge in [0.25, 0.3) is 0 Å². The predicted octanol–water partition coefficient (Wildman–Crippen LogP) is 5.72. The van der Waals surface area contributed by atoms with Crippen molar-refractivity contribution < 1.29 is 19.4 Å². The van der Waals surface area contributed by atoms with Crippen LogP contribution in [0.2, 0.25) is 0 Å². The van der Waals surface area contributed by atoms with Gasteiger partial charge in [-0.2, -0.15) is 0 Å². The van der Waals surface area contributed by atoms with Gasteiger partial charge in [0.1, 0.15) is 22.9 Å². The number of hydrogen-bond donors (Lipinski definition) is 1. The van der Waals surface area contributed by atoms with Gasteiger partial charge < -0.3 is 14.7 Å². The summed E-state index contributed by atoms with van der Waals surface area (Å²) in [5, 5.41) is 9.42. The second kappa shape index (κ2) is 10.5. The molecule has 0 radical (unpaired) electrons. The van der Waals surface area contributed by atoms with Crippen molar-refractivity contribution >= 4 is 23.6 Å². The summed E-state index contributed by atoms with van der Waals surface area (Å²) in [7, 11) is 0. The van der Waals surface area contributed by atoms with Crippen LogP contribution in [0.4, 0.5) is 0 Å². The zero-order valence-electron chi connectivity index (χ0n) is 17.5. The molecule has 0 aliphatic carbocycles. The van der Waals surface area contributed by atoms with Gasteiger partial charge in [-0.3, -0.25) is 4.79 Å². The summed E-state index contributed by atoms with van der Waals surface area (Å²) in [6, 6.07) is 16.3. The molecule has 5 nitrogen and oxygen atoms in total. The third-order valence-electron chi connectivity index (χ3n) is 5.41. The van der Waals surface area contributed by atoms with Crippen molar-refractivity contribution in [2.24, 2.45) is 5.92 Å². The van der Waals surface area contributed by atoms with Gasteiger partial charge in [0.2, 0.25) is 5.91 Å². The van der Waals surface area contributed by atoms with Gasteiger partial charge in [-0.1, -0.05) is 57.0 Å². The van der Waals surface area contributed by atoms with Crippen LogP contribution in [0.25, 0.3) is 0 Å². The standard InChI is InChI=1S/C24H29NO4S/c1-3-5-10-17(4-2)22(26)25-21(24(27)28)16-30-23(25)18-11-9-14-20(15-18)29-19-12-7-6-8-13-19/h6-9,11-15,17,21,23H,3-5,10,16H2,1-2H3,(H,27,28). The van der Waals surface area contributed by atoms with Crippen molar-refractivity contribution in [3.8, 4) is 11.5 Å². The number of thioether (sulfide) groups is 1. The molecule has 3 atom stereocenters. The topological polar surface area (TPSA) is 66.8 Å². The zero-order chi connectivity index (χ0) is 21.5. The minimum atomic E-state index is -0.944. The quantitative estimate of drug-likeness (QED) is 0.554. The number of para-hydroxylation sites is 1. The van der Waals surface area contributed by atoms with E-state index in [1.807, 2.05) is 61.5 Å². The van der Waals surface area contributed by atoms with Crippen LogP contribution in [0.1, 0.15) is 50.5 Å². The first-order chi connectivity index (χ1) is 14.5. The van der Waals surface area contributed by atoms with E-state index in [0.29, 0.717) is 11.5 Å². The number of unbranched alkanes of at least 4 members (excludes halogenated alkanes) is 1. The third kappa shape index (κ3) is 5.17. The van der Waals surface area contributed by atoms with Crippen LogP contribution in [0.15, 0.2) is 54.6 Å². The first-order valence-corrected chi connectivity index (χ1v) is 11.6. The molecule has 160 valence electrons. The summed E-state index contributed by atoms with van der Waals surface area (Å²) < 4.78 is 5.94. The van der Waals surface area contributed by atoms with Gasteiger partial charge >= 0.3 is 5.97 Å². The van der Waals surface area contributed by atoms with Crippen LogP contribution in [-0.2, 0) is 9.59 Å². The molecule has 0 saturated carbocycles. The minimum Gasteiger partial charge on any atom is -0.480 e. The monoisotopic (exact) mass is 427 g/mol. The van der Waals surface area contributed by atoms with Gasteiger partial charge in [-0.25, -0.2) is 4.79 Å². The maximum absolute atomic E-state index is 13.4. The highest BCUT2D eigenvalue weighted by Crippen LogP contribution is 2.43. The summed E-state index contributed by atoms with van der Waals surface area (Å²) in [6.45, 7) is 4.10. The number of hydrogen-bond acceptors (Lipinski definition) is 4. The molecule has 1 fully saturated rings. The van der Waals surface area contributed by atoms with Crippen LogP contribution < -0.4 is 4.74 Å². The Morgan fingerprint density at radius 2 is 1.87 bits per heavy atom. The van der Waals surface area contributed by atoms with E-state index in [9.17, 15) is 14.7 Å². The van der Waals surface area contributed by atoms with E-state index in [4.69, 9.17) is 4.74 Å². The minimum absolute atomic E-state index is 0.0530. The van der Waals surface area contributed by atoms with Crippen LogP contribution in [-0.4, -0.2) is 33.7 Å². The number of carbonyl (C=O) groups excluding carboxylic acids is 1. The fourth-order valence-electron chi connectivity index (χ4n) is 3.74. The molecule has 6 heteroatoms. The summed E-state index contributed by atoms with van der Waals surface area (Å²) in [6.07, 6.45) is 3.50. The van der Waals surface area contributed by atoms with Crippen molar-refractivity contribution in [1.82, 2.24) is 4.90 Å². The number of ether oxygens (including phenoxy) is 1. The first kappa shape index (κ1) is 22.2. The predicted molar refractivity (Wildman–Crippen MR) is 120 cm³/mol. The summed E-state index contributed by atoms with van der Waals surface area (Å²) in [5.41, 5.74) is 0.885. The lowest BCUT2D eigenvalue weighted by molar-refractivity contribution is -0.151. The molecule has 1 aliphatic heterocycles. The highest BCUT2D eigenvalue weighted by molar-refractivity contribution is 7.99. The molecule has 1 heterocycles. The molecule has 1 N–H and O–H groups in total. The van der Waals surface area contributed by atoms with E-state index in [0.717, 1.165) is 37.0 Å². The number of aliphatic carboxylic acids is 1. The molecular formula is C24H29NO4S. The van der Waals surface area contributed by atoms with Crippen LogP contribution in [0.3, 0.4) is 0 Å². The number of amides is 1. The van der Waals surface area contributed by atoms with Crippen molar-refractivity contribution in [3.63, 3.8) is 0 Å². The largest absolute Gasteiger partial charge is 0.480 e. The average molecular weight is 428 g/mol. The Morgan fingerprint density at radius 1 is 1.13 bits per heavy atom. The first-order valence-electron chi connectivity index (χ1n) is 10.5. The SMILES string of the molecule is CCCCC(CC)C(=O)N1C(C(=O)O)CSC1c1cccc(Oc2ccccc2)c1. The van der Waals surface area contributed by atoms with E-state index in [1.54, 1.807) is 4.90 Å². The van der Waals surface area contributed by atoms with Gasteiger partial charge in [-0.05, 0) is 42.7 Å². The third-order valence-corrected chi connectivity index (χ3v) is 6.73. The highest BCUT2D eigenvalue weighted by atomic mass is 32.2. The summed E-state index contributed by atoms with van der Waals surface area (Å²) in [5.74, 6) is 0.652. The Morgan fingerprint density at radius 3 is 2.53 bits per heavy atom. The molecule has 2 aromatic carbocycles. The van der Waals surface area contributed by atoms with Gasteiger partial charge in [-0.15, -0.1) is 11.8 Å².